The summed E-state index contributed by atoms with van der Waals surface area (Å²) >= 11 is 6.01. The largest absolute Gasteiger partial charge is 0.354 e. The molecule has 1 amide bonds. The quantitative estimate of drug-likeness (QED) is 0.865. The van der Waals surface area contributed by atoms with Gasteiger partial charge in [-0.3, -0.25) is 4.79 Å². The molecule has 5 nitrogen and oxygen atoms in total. The van der Waals surface area contributed by atoms with Crippen LogP contribution in [0.3, 0.4) is 0 Å². The monoisotopic (exact) mass is 296 g/mol. The number of hydrogen-bond donors (Lipinski definition) is 1. The molecule has 20 heavy (non-hydrogen) atoms. The van der Waals surface area contributed by atoms with Crippen molar-refractivity contribution in [1.82, 2.24) is 15.3 Å². The number of hydrogen-bond acceptors (Lipinski definition) is 4. The fourth-order valence-electron chi connectivity index (χ4n) is 2.59. The van der Waals surface area contributed by atoms with E-state index in [1.165, 1.54) is 0 Å². The minimum Gasteiger partial charge on any atom is -0.354 e. The lowest BCUT2D eigenvalue weighted by atomic mass is 10.1. The highest BCUT2D eigenvalue weighted by atomic mass is 35.5. The van der Waals surface area contributed by atoms with Gasteiger partial charge in [0, 0.05) is 37.8 Å². The van der Waals surface area contributed by atoms with Gasteiger partial charge in [0.25, 0.3) is 0 Å². The van der Waals surface area contributed by atoms with Crippen LogP contribution in [0.4, 0.5) is 5.82 Å². The second kappa shape index (κ2) is 6.88. The number of rotatable bonds is 4. The molecule has 1 aromatic heterocycles. The zero-order chi connectivity index (χ0) is 14.5. The van der Waals surface area contributed by atoms with E-state index in [4.69, 9.17) is 11.6 Å². The number of piperidine rings is 1. The van der Waals surface area contributed by atoms with Gasteiger partial charge in [0.1, 0.15) is 5.82 Å². The molecule has 1 N–H and O–H groups in total. The summed E-state index contributed by atoms with van der Waals surface area (Å²) in [6, 6.07) is 2.19. The van der Waals surface area contributed by atoms with Gasteiger partial charge in [0.15, 0.2) is 0 Å². The molecule has 1 aromatic rings. The summed E-state index contributed by atoms with van der Waals surface area (Å²) in [5.41, 5.74) is 0.976. The normalized spacial score (nSPS) is 18.9. The van der Waals surface area contributed by atoms with E-state index < -0.39 is 0 Å². The molecule has 110 valence electrons. The van der Waals surface area contributed by atoms with E-state index in [-0.39, 0.29) is 11.9 Å². The maximum Gasteiger partial charge on any atom is 0.224 e. The Labute approximate surface area is 124 Å². The zero-order valence-electron chi connectivity index (χ0n) is 12.0. The predicted octanol–water partition coefficient (Wildman–Crippen LogP) is 2.19. The Morgan fingerprint density at radius 2 is 2.35 bits per heavy atom. The lowest BCUT2D eigenvalue weighted by Gasteiger charge is -2.33. The molecule has 1 aliphatic rings. The van der Waals surface area contributed by atoms with Gasteiger partial charge in [-0.2, -0.15) is 0 Å². The number of anilines is 1. The van der Waals surface area contributed by atoms with Gasteiger partial charge in [-0.1, -0.05) is 13.3 Å². The third-order valence-corrected chi connectivity index (χ3v) is 3.57. The molecule has 0 aromatic carbocycles. The van der Waals surface area contributed by atoms with E-state index in [2.05, 4.69) is 27.1 Å². The van der Waals surface area contributed by atoms with Crippen molar-refractivity contribution in [1.29, 1.82) is 0 Å². The summed E-state index contributed by atoms with van der Waals surface area (Å²) in [4.78, 5) is 21.9. The Bertz CT molecular complexity index is 480. The van der Waals surface area contributed by atoms with Crippen molar-refractivity contribution in [2.24, 2.45) is 0 Å². The van der Waals surface area contributed by atoms with Crippen LogP contribution in [-0.2, 0) is 11.2 Å². The Kier molecular flexibility index (Phi) is 5.17. The fraction of sp³-hybridized carbons (Fsp3) is 0.643. The van der Waals surface area contributed by atoms with Gasteiger partial charge < -0.3 is 10.2 Å². The van der Waals surface area contributed by atoms with E-state index in [1.807, 2.05) is 6.07 Å². The van der Waals surface area contributed by atoms with Gasteiger partial charge in [0.05, 0.1) is 0 Å². The molecule has 0 bridgehead atoms. The summed E-state index contributed by atoms with van der Waals surface area (Å²) in [7, 11) is 0. The Balaban J connectivity index is 2.11. The van der Waals surface area contributed by atoms with Crippen molar-refractivity contribution in [3.05, 3.63) is 17.0 Å². The minimum absolute atomic E-state index is 0.0178. The smallest absolute Gasteiger partial charge is 0.224 e. The van der Waals surface area contributed by atoms with Gasteiger partial charge in [-0.25, -0.2) is 9.97 Å². The van der Waals surface area contributed by atoms with Crippen molar-refractivity contribution < 1.29 is 4.79 Å². The lowest BCUT2D eigenvalue weighted by Crippen LogP contribution is -2.47. The highest BCUT2D eigenvalue weighted by molar-refractivity contribution is 6.28. The van der Waals surface area contributed by atoms with Gasteiger partial charge in [-0.05, 0) is 30.9 Å². The number of amides is 1. The molecule has 6 heteroatoms. The van der Waals surface area contributed by atoms with E-state index in [0.717, 1.165) is 50.3 Å². The van der Waals surface area contributed by atoms with E-state index in [1.54, 1.807) is 6.92 Å². The Morgan fingerprint density at radius 3 is 3.05 bits per heavy atom. The van der Waals surface area contributed by atoms with Crippen molar-refractivity contribution in [2.45, 2.75) is 45.6 Å². The van der Waals surface area contributed by atoms with Crippen LogP contribution in [0.15, 0.2) is 6.07 Å². The number of carbonyl (C=O) groups excluding carboxylic acids is 1. The number of aromatic nitrogens is 2. The number of nitrogens with zero attached hydrogens (tertiary/aromatic N) is 3. The molecule has 1 aliphatic heterocycles. The van der Waals surface area contributed by atoms with Crippen LogP contribution in [0.1, 0.15) is 38.8 Å². The van der Waals surface area contributed by atoms with Crippen LogP contribution in [-0.4, -0.2) is 35.0 Å². The van der Waals surface area contributed by atoms with Gasteiger partial charge in [-0.15, -0.1) is 0 Å². The molecule has 2 heterocycles. The average Bonchev–Trinajstić information content (AvgIpc) is 2.38. The third-order valence-electron chi connectivity index (χ3n) is 3.40. The van der Waals surface area contributed by atoms with Crippen LogP contribution >= 0.6 is 11.6 Å². The second-order valence-corrected chi connectivity index (χ2v) is 5.56. The molecule has 1 saturated heterocycles. The van der Waals surface area contributed by atoms with Crippen molar-refractivity contribution >= 4 is 23.3 Å². The first-order valence-corrected chi connectivity index (χ1v) is 7.51. The number of aryl methyl sites for hydroxylation is 1. The minimum atomic E-state index is 0.0178. The molecule has 2 rings (SSSR count). The van der Waals surface area contributed by atoms with Gasteiger partial charge >= 0.3 is 0 Å². The standard InChI is InChI=1S/C14H21ClN4O/c1-3-5-11-8-13(18-14(15)17-11)19-7-4-6-12(9-19)16-10(2)20/h8,12H,3-7,9H2,1-2H3,(H,16,20)/t12-/m1/s1. The number of nitrogens with one attached hydrogen (secondary N) is 1. The molecule has 1 fully saturated rings. The fourth-order valence-corrected chi connectivity index (χ4v) is 2.78. The first kappa shape index (κ1) is 15.0. The molecular weight excluding hydrogens is 276 g/mol. The maximum atomic E-state index is 11.2. The Hall–Kier alpha value is -1.36. The van der Waals surface area contributed by atoms with Crippen LogP contribution in [0.5, 0.6) is 0 Å². The topological polar surface area (TPSA) is 58.1 Å². The molecule has 0 radical (unpaired) electrons. The molecule has 0 spiro atoms. The van der Waals surface area contributed by atoms with Crippen LogP contribution < -0.4 is 10.2 Å². The molecular formula is C14H21ClN4O. The SMILES string of the molecule is CCCc1cc(N2CCC[C@@H](NC(C)=O)C2)nc(Cl)n1. The summed E-state index contributed by atoms with van der Waals surface area (Å²) < 4.78 is 0. The average molecular weight is 297 g/mol. The highest BCUT2D eigenvalue weighted by Crippen LogP contribution is 2.20. The van der Waals surface area contributed by atoms with Crippen LogP contribution in [0.2, 0.25) is 5.28 Å². The van der Waals surface area contributed by atoms with Crippen LogP contribution in [0.25, 0.3) is 0 Å². The van der Waals surface area contributed by atoms with E-state index in [9.17, 15) is 4.79 Å². The summed E-state index contributed by atoms with van der Waals surface area (Å²) in [5.74, 6) is 0.882. The zero-order valence-corrected chi connectivity index (χ0v) is 12.8. The Morgan fingerprint density at radius 1 is 1.55 bits per heavy atom. The summed E-state index contributed by atoms with van der Waals surface area (Å²) in [6.07, 6.45) is 3.98. The lowest BCUT2D eigenvalue weighted by molar-refractivity contribution is -0.119. The van der Waals surface area contributed by atoms with E-state index >= 15 is 0 Å². The van der Waals surface area contributed by atoms with Gasteiger partial charge in [0.2, 0.25) is 11.2 Å². The summed E-state index contributed by atoms with van der Waals surface area (Å²) in [5, 5.41) is 3.28. The molecule has 1 atom stereocenters. The molecule has 0 aliphatic carbocycles. The van der Waals surface area contributed by atoms with Crippen molar-refractivity contribution in [3.8, 4) is 0 Å². The first-order valence-electron chi connectivity index (χ1n) is 7.14. The van der Waals surface area contributed by atoms with Crippen LogP contribution in [0, 0.1) is 0 Å². The first-order chi connectivity index (χ1) is 9.58. The summed E-state index contributed by atoms with van der Waals surface area (Å²) in [6.45, 7) is 5.39. The number of carbonyl (C=O) groups is 1. The third kappa shape index (κ3) is 4.07. The molecule has 0 unspecified atom stereocenters. The second-order valence-electron chi connectivity index (χ2n) is 5.22. The van der Waals surface area contributed by atoms with Crippen molar-refractivity contribution in [2.75, 3.05) is 18.0 Å². The van der Waals surface area contributed by atoms with E-state index in [0.29, 0.717) is 5.28 Å². The highest BCUT2D eigenvalue weighted by Gasteiger charge is 2.22. The maximum absolute atomic E-state index is 11.2. The predicted molar refractivity (Wildman–Crippen MR) is 80.1 cm³/mol. The molecule has 0 saturated carbocycles. The number of halogens is 1. The van der Waals surface area contributed by atoms with Crippen molar-refractivity contribution in [3.63, 3.8) is 0 Å².